The lowest BCUT2D eigenvalue weighted by atomic mass is 10.1. The summed E-state index contributed by atoms with van der Waals surface area (Å²) >= 11 is 9.26. The van der Waals surface area contributed by atoms with E-state index in [1.807, 2.05) is 6.07 Å². The van der Waals surface area contributed by atoms with Crippen molar-refractivity contribution < 1.29 is 14.6 Å². The van der Waals surface area contributed by atoms with E-state index in [2.05, 4.69) is 17.5 Å². The monoisotopic (exact) mass is 422 g/mol. The minimum Gasteiger partial charge on any atom is -0.321 e. The second kappa shape index (κ2) is 8.29. The van der Waals surface area contributed by atoms with E-state index >= 15 is 0 Å². The smallest absolute Gasteiger partial charge is 0.280 e. The molecule has 3 N–H and O–H groups in total. The molecule has 0 unspecified atom stereocenters. The van der Waals surface area contributed by atoms with E-state index < -0.39 is 0 Å². The number of carbonyl (C=O) groups excluding carboxylic acids is 1. The second-order valence-corrected chi connectivity index (χ2v) is 10.2. The van der Waals surface area contributed by atoms with Crippen LogP contribution in [-0.2, 0) is 24.2 Å². The predicted molar refractivity (Wildman–Crippen MR) is 109 cm³/mol. The molecule has 1 aliphatic heterocycles. The van der Waals surface area contributed by atoms with Crippen molar-refractivity contribution in [2.24, 2.45) is 0 Å². The first-order valence-electron chi connectivity index (χ1n) is 9.38. The number of halogens is 1. The van der Waals surface area contributed by atoms with Crippen molar-refractivity contribution in [3.63, 3.8) is 0 Å². The highest BCUT2D eigenvalue weighted by molar-refractivity contribution is 7.17. The summed E-state index contributed by atoms with van der Waals surface area (Å²) in [4.78, 5) is 18.0. The van der Waals surface area contributed by atoms with Gasteiger partial charge in [-0.2, -0.15) is 5.26 Å². The highest BCUT2D eigenvalue weighted by atomic mass is 35.5. The van der Waals surface area contributed by atoms with Gasteiger partial charge in [-0.15, -0.1) is 22.7 Å². The molecule has 0 radical (unpaired) electrons. The van der Waals surface area contributed by atoms with Crippen LogP contribution >= 0.6 is 34.3 Å². The number of nitriles is 1. The molecule has 1 fully saturated rings. The number of fused-ring (bicyclic) bond motifs is 1. The maximum atomic E-state index is 12.5. The molecule has 0 saturated carbocycles. The normalized spacial score (nSPS) is 21.6. The Morgan fingerprint density at radius 1 is 1.19 bits per heavy atom. The fourth-order valence-corrected chi connectivity index (χ4v) is 6.43. The van der Waals surface area contributed by atoms with Crippen LogP contribution < -0.4 is 15.1 Å². The van der Waals surface area contributed by atoms with E-state index in [4.69, 9.17) is 11.6 Å². The van der Waals surface area contributed by atoms with E-state index in [1.165, 1.54) is 14.7 Å². The van der Waals surface area contributed by atoms with Crippen LogP contribution in [0, 0.1) is 11.3 Å². The van der Waals surface area contributed by atoms with Gasteiger partial charge < -0.3 is 15.1 Å². The number of rotatable bonds is 5. The molecule has 2 aromatic heterocycles. The zero-order chi connectivity index (χ0) is 18.8. The Bertz CT molecular complexity index is 877. The fraction of sp³-hybridized carbons (Fsp3) is 0.474. The Hall–Kier alpha value is -1.43. The van der Waals surface area contributed by atoms with Gasteiger partial charge in [0.2, 0.25) is 0 Å². The van der Waals surface area contributed by atoms with Crippen LogP contribution in [0.25, 0.3) is 0 Å². The third-order valence-electron chi connectivity index (χ3n) is 5.41. The standard InChI is InChI=1S/C19H21ClN4OS2/c20-17-5-4-13(26-17)11-23-6-8-24(9-7-23)12-18(25)22-19-15(10-21)14-2-1-3-16(14)27-19/h4-5H,1-3,6-9,11-12H2,(H,22,25)/p+2. The van der Waals surface area contributed by atoms with Crippen molar-refractivity contribution in [1.29, 1.82) is 5.26 Å². The largest absolute Gasteiger partial charge is 0.321 e. The number of nitrogens with zero attached hydrogens (tertiary/aromatic N) is 1. The lowest BCUT2D eigenvalue weighted by molar-refractivity contribution is -1.01. The average molecular weight is 423 g/mol. The van der Waals surface area contributed by atoms with E-state index in [9.17, 15) is 10.1 Å². The number of hydrogen-bond acceptors (Lipinski definition) is 4. The molecule has 4 rings (SSSR count). The number of anilines is 1. The Balaban J connectivity index is 1.27. The number of hydrogen-bond donors (Lipinski definition) is 3. The Morgan fingerprint density at radius 2 is 1.96 bits per heavy atom. The van der Waals surface area contributed by atoms with E-state index in [1.54, 1.807) is 27.6 Å². The summed E-state index contributed by atoms with van der Waals surface area (Å²) in [5.74, 6) is 0.0231. The Kier molecular flexibility index (Phi) is 5.81. The summed E-state index contributed by atoms with van der Waals surface area (Å²) in [6, 6.07) is 6.36. The van der Waals surface area contributed by atoms with E-state index in [-0.39, 0.29) is 5.91 Å². The first kappa shape index (κ1) is 18.9. The maximum absolute atomic E-state index is 12.5. The van der Waals surface area contributed by atoms with Crippen LogP contribution in [0.2, 0.25) is 4.34 Å². The zero-order valence-corrected chi connectivity index (χ0v) is 17.5. The van der Waals surface area contributed by atoms with Crippen LogP contribution in [0.3, 0.4) is 0 Å². The number of carbonyl (C=O) groups is 1. The molecule has 142 valence electrons. The van der Waals surface area contributed by atoms with Gasteiger partial charge in [0.15, 0.2) is 6.54 Å². The average Bonchev–Trinajstić information content (AvgIpc) is 3.33. The van der Waals surface area contributed by atoms with Crippen molar-refractivity contribution in [3.8, 4) is 6.07 Å². The van der Waals surface area contributed by atoms with Gasteiger partial charge in [-0.25, -0.2) is 0 Å². The topological polar surface area (TPSA) is 61.8 Å². The third-order valence-corrected chi connectivity index (χ3v) is 7.85. The SMILES string of the molecule is N#Cc1c(NC(=O)C[NH+]2CC[NH+](Cc3ccc(Cl)s3)CC2)sc2c1CCC2. The highest BCUT2D eigenvalue weighted by Gasteiger charge is 2.27. The summed E-state index contributed by atoms with van der Waals surface area (Å²) in [6.45, 7) is 5.61. The molecule has 1 saturated heterocycles. The van der Waals surface area contributed by atoms with E-state index in [0.29, 0.717) is 12.1 Å². The van der Waals surface area contributed by atoms with Crippen molar-refractivity contribution in [2.75, 3.05) is 38.0 Å². The van der Waals surface area contributed by atoms with Gasteiger partial charge in [-0.1, -0.05) is 11.6 Å². The Morgan fingerprint density at radius 3 is 2.67 bits per heavy atom. The molecule has 0 aromatic carbocycles. The summed E-state index contributed by atoms with van der Waals surface area (Å²) in [5, 5.41) is 13.2. The molecule has 2 aliphatic rings. The Labute approximate surface area is 172 Å². The summed E-state index contributed by atoms with van der Waals surface area (Å²) in [7, 11) is 0. The second-order valence-electron chi connectivity index (χ2n) is 7.28. The number of nitrogens with one attached hydrogen (secondary N) is 3. The summed E-state index contributed by atoms with van der Waals surface area (Å²) in [5.41, 5.74) is 1.86. The maximum Gasteiger partial charge on any atom is 0.280 e. The van der Waals surface area contributed by atoms with Crippen molar-refractivity contribution >= 4 is 45.2 Å². The van der Waals surface area contributed by atoms with Crippen molar-refractivity contribution in [1.82, 2.24) is 0 Å². The van der Waals surface area contributed by atoms with Gasteiger partial charge >= 0.3 is 0 Å². The van der Waals surface area contributed by atoms with E-state index in [0.717, 1.165) is 66.9 Å². The number of piperazine rings is 1. The van der Waals surface area contributed by atoms with Crippen LogP contribution in [-0.4, -0.2) is 38.6 Å². The molecule has 1 amide bonds. The molecule has 0 atom stereocenters. The van der Waals surface area contributed by atoms with Gasteiger partial charge in [-0.05, 0) is 37.0 Å². The molecular formula is C19H23ClN4OS2+2. The molecule has 0 bridgehead atoms. The van der Waals surface area contributed by atoms with Gasteiger partial charge in [-0.3, -0.25) is 4.79 Å². The molecule has 27 heavy (non-hydrogen) atoms. The molecule has 8 heteroatoms. The number of aryl methyl sites for hydroxylation is 1. The molecule has 3 heterocycles. The van der Waals surface area contributed by atoms with Crippen LogP contribution in [0.5, 0.6) is 0 Å². The minimum absolute atomic E-state index is 0.0231. The van der Waals surface area contributed by atoms with Crippen LogP contribution in [0.15, 0.2) is 12.1 Å². The first-order valence-corrected chi connectivity index (χ1v) is 11.4. The van der Waals surface area contributed by atoms with Gasteiger partial charge in [0.25, 0.3) is 5.91 Å². The number of amides is 1. The summed E-state index contributed by atoms with van der Waals surface area (Å²) < 4.78 is 0.849. The lowest BCUT2D eigenvalue weighted by Gasteiger charge is -2.29. The molecule has 2 aromatic rings. The molecule has 1 aliphatic carbocycles. The van der Waals surface area contributed by atoms with Gasteiger partial charge in [0.1, 0.15) is 43.8 Å². The van der Waals surface area contributed by atoms with Crippen molar-refractivity contribution in [2.45, 2.75) is 25.8 Å². The van der Waals surface area contributed by atoms with Crippen molar-refractivity contribution in [3.05, 3.63) is 37.4 Å². The first-order chi connectivity index (χ1) is 13.1. The molecule has 0 spiro atoms. The third kappa shape index (κ3) is 4.36. The van der Waals surface area contributed by atoms with Gasteiger partial charge in [0.05, 0.1) is 14.8 Å². The number of thiophene rings is 2. The molecular weight excluding hydrogens is 400 g/mol. The zero-order valence-electron chi connectivity index (χ0n) is 15.1. The summed E-state index contributed by atoms with van der Waals surface area (Å²) in [6.07, 6.45) is 3.13. The fourth-order valence-electron chi connectivity index (χ4n) is 4.01. The van der Waals surface area contributed by atoms with Crippen LogP contribution in [0.4, 0.5) is 5.00 Å². The van der Waals surface area contributed by atoms with Crippen LogP contribution in [0.1, 0.15) is 27.3 Å². The van der Waals surface area contributed by atoms with Gasteiger partial charge in [0, 0.05) is 4.88 Å². The quantitative estimate of drug-likeness (QED) is 0.665. The molecule has 5 nitrogen and oxygen atoms in total. The lowest BCUT2D eigenvalue weighted by Crippen LogP contribution is -3.28. The minimum atomic E-state index is 0.0231. The highest BCUT2D eigenvalue weighted by Crippen LogP contribution is 2.38. The number of quaternary nitrogens is 2. The predicted octanol–water partition coefficient (Wildman–Crippen LogP) is 0.745.